The first-order valence-corrected chi connectivity index (χ1v) is 11.3. The monoisotopic (exact) mass is 791 g/mol. The number of phenolic OH excluding ortho intramolecular Hbond substituents is 1. The Hall–Kier alpha value is 0.390. The van der Waals surface area contributed by atoms with Crippen molar-refractivity contribution in [1.29, 1.82) is 0 Å². The van der Waals surface area contributed by atoms with Gasteiger partial charge in [0.2, 0.25) is 0 Å². The van der Waals surface area contributed by atoms with Gasteiger partial charge >= 0.3 is 5.97 Å². The molecule has 0 bridgehead atoms. The lowest BCUT2D eigenvalue weighted by Crippen LogP contribution is -2.20. The average Bonchev–Trinajstić information content (AvgIpc) is 2.47. The lowest BCUT2D eigenvalue weighted by Gasteiger charge is -2.17. The number of carbonyl (C=O) groups is 1. The second kappa shape index (κ2) is 9.05. The van der Waals surface area contributed by atoms with Crippen molar-refractivity contribution in [1.82, 2.24) is 0 Å². The maximum atomic E-state index is 11.8. The summed E-state index contributed by atoms with van der Waals surface area (Å²) < 4.78 is 8.64. The highest BCUT2D eigenvalue weighted by Crippen LogP contribution is 2.38. The standard InChI is InChI=1S/C16H13I4NO4/c1-6(21)2-7-3-11(19)15(13(20)12(7)16(23)24)25-8-4-9(17)14(22)10(18)5-8/h3-6,22H,2,21H2,1H3,(H,23,24)/t6-/m1/s1. The summed E-state index contributed by atoms with van der Waals surface area (Å²) in [6.45, 7) is 1.84. The van der Waals surface area contributed by atoms with E-state index in [1.165, 1.54) is 0 Å². The Morgan fingerprint density at radius 3 is 2.20 bits per heavy atom. The van der Waals surface area contributed by atoms with E-state index in [1.807, 2.05) is 74.7 Å². The lowest BCUT2D eigenvalue weighted by molar-refractivity contribution is 0.0694. The van der Waals surface area contributed by atoms with E-state index in [4.69, 9.17) is 10.5 Å². The first kappa shape index (κ1) is 21.7. The second-order valence-corrected chi connectivity index (χ2v) is 9.93. The van der Waals surface area contributed by atoms with Crippen molar-refractivity contribution in [3.8, 4) is 17.2 Å². The molecule has 1 atom stereocenters. The van der Waals surface area contributed by atoms with E-state index in [2.05, 4.69) is 22.6 Å². The summed E-state index contributed by atoms with van der Waals surface area (Å²) in [6, 6.07) is 5.08. The highest BCUT2D eigenvalue weighted by atomic mass is 127. The summed E-state index contributed by atoms with van der Waals surface area (Å²) in [4.78, 5) is 11.8. The molecule has 25 heavy (non-hydrogen) atoms. The third-order valence-electron chi connectivity index (χ3n) is 3.22. The number of aromatic hydroxyl groups is 1. The summed E-state index contributed by atoms with van der Waals surface area (Å²) in [7, 11) is 0. The maximum Gasteiger partial charge on any atom is 0.337 e. The zero-order valence-electron chi connectivity index (χ0n) is 12.8. The normalized spacial score (nSPS) is 12.1. The number of halogens is 4. The fourth-order valence-electron chi connectivity index (χ4n) is 2.20. The fourth-order valence-corrected chi connectivity index (χ4v) is 6.16. The number of rotatable bonds is 5. The van der Waals surface area contributed by atoms with Crippen molar-refractivity contribution in [2.75, 3.05) is 0 Å². The Balaban J connectivity index is 2.55. The van der Waals surface area contributed by atoms with E-state index >= 15 is 0 Å². The van der Waals surface area contributed by atoms with Crippen molar-refractivity contribution >= 4 is 96.3 Å². The third kappa shape index (κ3) is 5.22. The van der Waals surface area contributed by atoms with Gasteiger partial charge < -0.3 is 20.7 Å². The van der Waals surface area contributed by atoms with Crippen LogP contribution in [0.25, 0.3) is 0 Å². The molecule has 0 aliphatic carbocycles. The van der Waals surface area contributed by atoms with Crippen molar-refractivity contribution < 1.29 is 19.7 Å². The van der Waals surface area contributed by atoms with Gasteiger partial charge in [-0.3, -0.25) is 0 Å². The molecule has 4 N–H and O–H groups in total. The molecule has 2 rings (SSSR count). The fraction of sp³-hybridized carbons (Fsp3) is 0.188. The number of carboxylic acids is 1. The summed E-state index contributed by atoms with van der Waals surface area (Å²) in [5, 5.41) is 19.5. The molecular weight excluding hydrogens is 778 g/mol. The zero-order valence-corrected chi connectivity index (χ0v) is 21.4. The number of phenols is 1. The van der Waals surface area contributed by atoms with Crippen LogP contribution in [0.15, 0.2) is 18.2 Å². The van der Waals surface area contributed by atoms with Crippen LogP contribution < -0.4 is 10.5 Å². The quantitative estimate of drug-likeness (QED) is 0.363. The van der Waals surface area contributed by atoms with Crippen LogP contribution in [0.4, 0.5) is 0 Å². The van der Waals surface area contributed by atoms with E-state index in [1.54, 1.807) is 18.2 Å². The van der Waals surface area contributed by atoms with Crippen LogP contribution in [0.3, 0.4) is 0 Å². The highest BCUT2D eigenvalue weighted by Gasteiger charge is 2.22. The smallest absolute Gasteiger partial charge is 0.337 e. The van der Waals surface area contributed by atoms with Gasteiger partial charge in [-0.1, -0.05) is 0 Å². The SMILES string of the molecule is C[C@@H](N)Cc1cc(I)c(Oc2cc(I)c(O)c(I)c2)c(I)c1C(=O)O. The Kier molecular flexibility index (Phi) is 7.85. The minimum absolute atomic E-state index is 0.142. The molecule has 0 aliphatic rings. The summed E-state index contributed by atoms with van der Waals surface area (Å²) >= 11 is 8.18. The van der Waals surface area contributed by atoms with Gasteiger partial charge in [0.1, 0.15) is 11.5 Å². The van der Waals surface area contributed by atoms with E-state index in [0.29, 0.717) is 34.2 Å². The number of nitrogens with two attached hydrogens (primary N) is 1. The molecular formula is C16H13I4NO4. The van der Waals surface area contributed by atoms with Crippen LogP contribution in [-0.4, -0.2) is 22.2 Å². The summed E-state index contributed by atoms with van der Waals surface area (Å²) in [5.74, 6) is 0.232. The van der Waals surface area contributed by atoms with Crippen molar-refractivity contribution in [3.63, 3.8) is 0 Å². The summed E-state index contributed by atoms with van der Waals surface area (Å²) in [6.07, 6.45) is 0.475. The number of hydrogen-bond acceptors (Lipinski definition) is 4. The van der Waals surface area contributed by atoms with Gasteiger partial charge in [0.05, 0.1) is 19.8 Å². The summed E-state index contributed by atoms with van der Waals surface area (Å²) in [5.41, 5.74) is 6.76. The predicted octanol–water partition coefficient (Wildman–Crippen LogP) is 5.19. The van der Waals surface area contributed by atoms with E-state index < -0.39 is 5.97 Å². The van der Waals surface area contributed by atoms with Gasteiger partial charge in [-0.25, -0.2) is 4.79 Å². The van der Waals surface area contributed by atoms with Gasteiger partial charge in [0.15, 0.2) is 5.75 Å². The van der Waals surface area contributed by atoms with Crippen LogP contribution >= 0.6 is 90.4 Å². The number of aromatic carboxylic acids is 1. The molecule has 2 aromatic carbocycles. The molecule has 0 saturated heterocycles. The molecule has 2 aromatic rings. The molecule has 0 aromatic heterocycles. The molecule has 0 unspecified atom stereocenters. The number of hydrogen-bond donors (Lipinski definition) is 3. The topological polar surface area (TPSA) is 92.8 Å². The van der Waals surface area contributed by atoms with Crippen molar-refractivity contribution in [2.45, 2.75) is 19.4 Å². The van der Waals surface area contributed by atoms with Gasteiger partial charge in [0, 0.05) is 6.04 Å². The molecule has 134 valence electrons. The lowest BCUT2D eigenvalue weighted by atomic mass is 10.0. The van der Waals surface area contributed by atoms with Gasteiger partial charge in [-0.15, -0.1) is 0 Å². The molecule has 0 aliphatic heterocycles. The molecule has 0 heterocycles. The van der Waals surface area contributed by atoms with Gasteiger partial charge in [-0.2, -0.15) is 0 Å². The van der Waals surface area contributed by atoms with Gasteiger partial charge in [0.25, 0.3) is 0 Å². The maximum absolute atomic E-state index is 11.8. The minimum Gasteiger partial charge on any atom is -0.506 e. The van der Waals surface area contributed by atoms with Gasteiger partial charge in [-0.05, 0) is 127 Å². The second-order valence-electron chi connectivity index (χ2n) is 5.36. The Bertz CT molecular complexity index is 816. The third-order valence-corrected chi connectivity index (χ3v) is 6.70. The van der Waals surface area contributed by atoms with Crippen LogP contribution in [0.5, 0.6) is 17.2 Å². The Morgan fingerprint density at radius 2 is 1.72 bits per heavy atom. The van der Waals surface area contributed by atoms with Crippen LogP contribution in [0.1, 0.15) is 22.8 Å². The molecule has 0 fully saturated rings. The first-order chi connectivity index (χ1) is 11.6. The average molecular weight is 791 g/mol. The molecule has 5 nitrogen and oxygen atoms in total. The largest absolute Gasteiger partial charge is 0.506 e. The van der Waals surface area contributed by atoms with E-state index in [0.717, 1.165) is 3.57 Å². The molecule has 0 saturated carbocycles. The first-order valence-electron chi connectivity index (χ1n) is 6.97. The molecule has 0 radical (unpaired) electrons. The molecule has 9 heteroatoms. The van der Waals surface area contributed by atoms with E-state index in [-0.39, 0.29) is 17.4 Å². The van der Waals surface area contributed by atoms with Crippen LogP contribution in [-0.2, 0) is 6.42 Å². The number of carboxylic acid groups (broad SMARTS) is 1. The zero-order chi connectivity index (χ0) is 18.9. The van der Waals surface area contributed by atoms with E-state index in [9.17, 15) is 15.0 Å². The van der Waals surface area contributed by atoms with Crippen molar-refractivity contribution in [2.24, 2.45) is 5.73 Å². The Morgan fingerprint density at radius 1 is 1.16 bits per heavy atom. The highest BCUT2D eigenvalue weighted by molar-refractivity contribution is 14.1. The Labute approximate surface area is 199 Å². The number of benzene rings is 2. The molecule has 0 amide bonds. The van der Waals surface area contributed by atoms with Crippen LogP contribution in [0.2, 0.25) is 0 Å². The molecule has 0 spiro atoms. The predicted molar refractivity (Wildman–Crippen MR) is 130 cm³/mol. The van der Waals surface area contributed by atoms with Crippen LogP contribution in [0, 0.1) is 14.3 Å². The number of ether oxygens (including phenoxy) is 1. The minimum atomic E-state index is -1.00. The van der Waals surface area contributed by atoms with Crippen molar-refractivity contribution in [3.05, 3.63) is 43.6 Å².